The molecule has 112 valence electrons. The van der Waals surface area contributed by atoms with Crippen LogP contribution in [-0.2, 0) is 10.0 Å². The highest BCUT2D eigenvalue weighted by atomic mass is 32.2. The molecule has 5 heteroatoms. The highest BCUT2D eigenvalue weighted by Crippen LogP contribution is 2.29. The number of hydrogen-bond acceptors (Lipinski definition) is 3. The van der Waals surface area contributed by atoms with Crippen LogP contribution in [0.3, 0.4) is 0 Å². The van der Waals surface area contributed by atoms with Gasteiger partial charge in [0, 0.05) is 11.7 Å². The molecule has 1 aliphatic rings. The highest BCUT2D eigenvalue weighted by Gasteiger charge is 2.21. The highest BCUT2D eigenvalue weighted by molar-refractivity contribution is 7.89. The van der Waals surface area contributed by atoms with Crippen molar-refractivity contribution < 1.29 is 8.42 Å². The first kappa shape index (κ1) is 15.3. The van der Waals surface area contributed by atoms with Gasteiger partial charge < -0.3 is 5.32 Å². The fourth-order valence-corrected chi connectivity index (χ4v) is 3.83. The summed E-state index contributed by atoms with van der Waals surface area (Å²) in [6.45, 7) is 4.00. The fourth-order valence-electron chi connectivity index (χ4n) is 3.02. The number of rotatable bonds is 4. The lowest BCUT2D eigenvalue weighted by Crippen LogP contribution is -2.27. The number of nitrogens with one attached hydrogen (secondary N) is 1. The molecule has 3 N–H and O–H groups in total. The Balaban J connectivity index is 2.14. The fraction of sp³-hybridized carbons (Fsp3) is 0.600. The maximum absolute atomic E-state index is 11.5. The van der Waals surface area contributed by atoms with E-state index >= 15 is 0 Å². The van der Waals surface area contributed by atoms with Gasteiger partial charge in [-0.1, -0.05) is 32.3 Å². The Hall–Kier alpha value is -1.07. The van der Waals surface area contributed by atoms with E-state index in [9.17, 15) is 8.42 Å². The van der Waals surface area contributed by atoms with Crippen molar-refractivity contribution in [3.05, 3.63) is 23.8 Å². The van der Waals surface area contributed by atoms with E-state index in [1.165, 1.54) is 19.3 Å². The van der Waals surface area contributed by atoms with Crippen molar-refractivity contribution >= 4 is 15.7 Å². The van der Waals surface area contributed by atoms with Gasteiger partial charge in [-0.25, -0.2) is 13.6 Å². The zero-order valence-electron chi connectivity index (χ0n) is 12.2. The molecule has 0 saturated heterocycles. The first-order chi connectivity index (χ1) is 9.40. The van der Waals surface area contributed by atoms with Crippen molar-refractivity contribution in [2.24, 2.45) is 11.1 Å². The predicted molar refractivity (Wildman–Crippen MR) is 82.2 cm³/mol. The molecule has 0 spiro atoms. The summed E-state index contributed by atoms with van der Waals surface area (Å²) in [4.78, 5) is 0.213. The second kappa shape index (κ2) is 6.14. The quantitative estimate of drug-likeness (QED) is 0.897. The summed E-state index contributed by atoms with van der Waals surface area (Å²) in [6.07, 6.45) is 6.08. The van der Waals surface area contributed by atoms with E-state index in [2.05, 4.69) is 12.2 Å². The molecule has 0 heterocycles. The van der Waals surface area contributed by atoms with E-state index in [1.807, 2.05) is 12.1 Å². The Labute approximate surface area is 121 Å². The van der Waals surface area contributed by atoms with Gasteiger partial charge in [-0.3, -0.25) is 0 Å². The van der Waals surface area contributed by atoms with E-state index in [-0.39, 0.29) is 4.90 Å². The summed E-state index contributed by atoms with van der Waals surface area (Å²) in [5.41, 5.74) is 1.54. The molecule has 1 aliphatic carbocycles. The maximum atomic E-state index is 11.5. The number of nitrogens with two attached hydrogens (primary N) is 1. The van der Waals surface area contributed by atoms with E-state index in [4.69, 9.17) is 5.14 Å². The standard InChI is InChI=1S/C15H24N2O2S/c1-3-12-5-4-6-13(9-12)17-14-8-7-11(2)15(10-14)20(16,18)19/h7-8,10,12-13,17H,3-6,9H2,1-2H3,(H2,16,18,19). The normalized spacial score (nSPS) is 23.6. The van der Waals surface area contributed by atoms with Gasteiger partial charge >= 0.3 is 0 Å². The van der Waals surface area contributed by atoms with Gasteiger partial charge in [-0.05, 0) is 43.4 Å². The van der Waals surface area contributed by atoms with E-state index in [0.29, 0.717) is 11.6 Å². The minimum atomic E-state index is -3.65. The molecule has 1 aromatic carbocycles. The minimum absolute atomic E-state index is 0.213. The lowest BCUT2D eigenvalue weighted by molar-refractivity contribution is 0.327. The van der Waals surface area contributed by atoms with Gasteiger partial charge in [0.15, 0.2) is 0 Å². The topological polar surface area (TPSA) is 72.2 Å². The molecule has 0 radical (unpaired) electrons. The largest absolute Gasteiger partial charge is 0.382 e. The van der Waals surface area contributed by atoms with Crippen LogP contribution in [0.15, 0.2) is 23.1 Å². The first-order valence-electron chi connectivity index (χ1n) is 7.30. The van der Waals surface area contributed by atoms with Crippen LogP contribution in [0.2, 0.25) is 0 Å². The Morgan fingerprint density at radius 1 is 1.35 bits per heavy atom. The van der Waals surface area contributed by atoms with Gasteiger partial charge in [0.05, 0.1) is 4.90 Å². The van der Waals surface area contributed by atoms with Crippen molar-refractivity contribution in [3.8, 4) is 0 Å². The third kappa shape index (κ3) is 3.73. The van der Waals surface area contributed by atoms with Crippen molar-refractivity contribution in [1.82, 2.24) is 0 Å². The molecule has 0 amide bonds. The van der Waals surface area contributed by atoms with Crippen molar-refractivity contribution in [2.75, 3.05) is 5.32 Å². The zero-order chi connectivity index (χ0) is 14.8. The number of aryl methyl sites for hydroxylation is 1. The van der Waals surface area contributed by atoms with E-state index < -0.39 is 10.0 Å². The van der Waals surface area contributed by atoms with Crippen LogP contribution >= 0.6 is 0 Å². The molecular weight excluding hydrogens is 272 g/mol. The number of sulfonamides is 1. The smallest absolute Gasteiger partial charge is 0.238 e. The predicted octanol–water partition coefficient (Wildman–Crippen LogP) is 3.02. The zero-order valence-corrected chi connectivity index (χ0v) is 13.0. The molecule has 2 rings (SSSR count). The molecule has 20 heavy (non-hydrogen) atoms. The number of primary sulfonamides is 1. The van der Waals surface area contributed by atoms with Crippen LogP contribution in [0.25, 0.3) is 0 Å². The average Bonchev–Trinajstić information content (AvgIpc) is 2.40. The molecular formula is C15H24N2O2S. The Morgan fingerprint density at radius 2 is 2.10 bits per heavy atom. The second-order valence-electron chi connectivity index (χ2n) is 5.81. The van der Waals surface area contributed by atoms with Gasteiger partial charge in [-0.2, -0.15) is 0 Å². The Kier molecular flexibility index (Phi) is 4.70. The number of anilines is 1. The van der Waals surface area contributed by atoms with E-state index in [1.54, 1.807) is 13.0 Å². The molecule has 1 saturated carbocycles. The lowest BCUT2D eigenvalue weighted by atomic mass is 9.84. The molecule has 0 bridgehead atoms. The second-order valence-corrected chi connectivity index (χ2v) is 7.34. The van der Waals surface area contributed by atoms with Gasteiger partial charge in [0.2, 0.25) is 10.0 Å². The molecule has 1 fully saturated rings. The van der Waals surface area contributed by atoms with Gasteiger partial charge in [0.25, 0.3) is 0 Å². The monoisotopic (exact) mass is 296 g/mol. The van der Waals surface area contributed by atoms with Crippen molar-refractivity contribution in [1.29, 1.82) is 0 Å². The summed E-state index contributed by atoms with van der Waals surface area (Å²) < 4.78 is 23.1. The molecule has 0 aliphatic heterocycles. The maximum Gasteiger partial charge on any atom is 0.238 e. The van der Waals surface area contributed by atoms with Crippen LogP contribution in [-0.4, -0.2) is 14.5 Å². The Bertz CT molecular complexity index is 569. The summed E-state index contributed by atoms with van der Waals surface area (Å²) in [5, 5.41) is 8.71. The summed E-state index contributed by atoms with van der Waals surface area (Å²) in [6, 6.07) is 5.83. The average molecular weight is 296 g/mol. The third-order valence-corrected chi connectivity index (χ3v) is 5.28. The van der Waals surface area contributed by atoms with Crippen LogP contribution in [0.4, 0.5) is 5.69 Å². The molecule has 4 nitrogen and oxygen atoms in total. The minimum Gasteiger partial charge on any atom is -0.382 e. The van der Waals surface area contributed by atoms with Crippen molar-refractivity contribution in [3.63, 3.8) is 0 Å². The van der Waals surface area contributed by atoms with Crippen LogP contribution in [0.1, 0.15) is 44.6 Å². The first-order valence-corrected chi connectivity index (χ1v) is 8.84. The van der Waals surface area contributed by atoms with E-state index in [0.717, 1.165) is 24.4 Å². The SMILES string of the molecule is CCC1CCCC(Nc2ccc(C)c(S(N)(=O)=O)c2)C1. The third-order valence-electron chi connectivity index (χ3n) is 4.23. The number of hydrogen-bond donors (Lipinski definition) is 2. The number of benzene rings is 1. The molecule has 0 aromatic heterocycles. The summed E-state index contributed by atoms with van der Waals surface area (Å²) in [5.74, 6) is 0.782. The van der Waals surface area contributed by atoms with Crippen LogP contribution < -0.4 is 10.5 Å². The lowest BCUT2D eigenvalue weighted by Gasteiger charge is -2.30. The molecule has 2 atom stereocenters. The van der Waals surface area contributed by atoms with Gasteiger partial charge in [0.1, 0.15) is 0 Å². The summed E-state index contributed by atoms with van der Waals surface area (Å²) in [7, 11) is -3.65. The molecule has 2 unspecified atom stereocenters. The summed E-state index contributed by atoms with van der Waals surface area (Å²) >= 11 is 0. The Morgan fingerprint density at radius 3 is 2.75 bits per heavy atom. The van der Waals surface area contributed by atoms with Crippen LogP contribution in [0.5, 0.6) is 0 Å². The molecule has 1 aromatic rings. The van der Waals surface area contributed by atoms with Gasteiger partial charge in [-0.15, -0.1) is 0 Å². The van der Waals surface area contributed by atoms with Crippen LogP contribution in [0, 0.1) is 12.8 Å². The van der Waals surface area contributed by atoms with Crippen molar-refractivity contribution in [2.45, 2.75) is 56.9 Å².